The maximum atomic E-state index is 4.27. The Kier molecular flexibility index (Phi) is 8.30. The number of nitrogens with one attached hydrogen (secondary N) is 2. The first-order valence-electron chi connectivity index (χ1n) is 7.40. The van der Waals surface area contributed by atoms with Crippen molar-refractivity contribution in [1.82, 2.24) is 15.5 Å². The average Bonchev–Trinajstić information content (AvgIpc) is 3.00. The van der Waals surface area contributed by atoms with Crippen LogP contribution in [0.4, 0.5) is 0 Å². The second-order valence-electron chi connectivity index (χ2n) is 4.86. The third-order valence-corrected chi connectivity index (χ3v) is 4.23. The molecule has 0 saturated carbocycles. The lowest BCUT2D eigenvalue weighted by Crippen LogP contribution is -2.42. The number of rotatable bonds is 8. The van der Waals surface area contributed by atoms with Crippen molar-refractivity contribution in [2.75, 3.05) is 39.8 Å². The molecule has 0 amide bonds. The van der Waals surface area contributed by atoms with E-state index in [0.717, 1.165) is 38.7 Å². The zero-order chi connectivity index (χ0) is 14.8. The lowest BCUT2D eigenvalue weighted by molar-refractivity contribution is 0.308. The van der Waals surface area contributed by atoms with Crippen molar-refractivity contribution in [3.63, 3.8) is 0 Å². The SMILES string of the molecule is CCN(CC)CCNC(=NC)NCC(C)c1ccsc1. The predicted octanol–water partition coefficient (Wildman–Crippen LogP) is 2.36. The standard InChI is InChI=1S/C15H28N4S/c1-5-19(6-2)9-8-17-15(16-4)18-11-13(3)14-7-10-20-12-14/h7,10,12-13H,5-6,8-9,11H2,1-4H3,(H2,16,17,18). The zero-order valence-electron chi connectivity index (χ0n) is 13.1. The lowest BCUT2D eigenvalue weighted by atomic mass is 10.1. The van der Waals surface area contributed by atoms with Gasteiger partial charge >= 0.3 is 0 Å². The minimum Gasteiger partial charge on any atom is -0.356 e. The fourth-order valence-electron chi connectivity index (χ4n) is 2.02. The highest BCUT2D eigenvalue weighted by Gasteiger charge is 2.07. The first kappa shape index (κ1) is 17.0. The smallest absolute Gasteiger partial charge is 0.191 e. The van der Waals surface area contributed by atoms with Crippen LogP contribution >= 0.6 is 11.3 Å². The molecular formula is C15H28N4S. The van der Waals surface area contributed by atoms with Crippen LogP contribution in [0.3, 0.4) is 0 Å². The van der Waals surface area contributed by atoms with E-state index in [0.29, 0.717) is 5.92 Å². The molecule has 1 atom stereocenters. The van der Waals surface area contributed by atoms with Crippen molar-refractivity contribution in [3.8, 4) is 0 Å². The van der Waals surface area contributed by atoms with Crippen LogP contribution in [0.2, 0.25) is 0 Å². The van der Waals surface area contributed by atoms with E-state index in [4.69, 9.17) is 0 Å². The Bertz CT molecular complexity index is 371. The van der Waals surface area contributed by atoms with E-state index in [9.17, 15) is 0 Å². The number of guanidine groups is 1. The number of likely N-dealkylation sites (N-methyl/N-ethyl adjacent to an activating group) is 1. The number of aliphatic imine (C=N–C) groups is 1. The molecule has 0 aromatic carbocycles. The molecule has 2 N–H and O–H groups in total. The van der Waals surface area contributed by atoms with Gasteiger partial charge in [-0.15, -0.1) is 0 Å². The normalized spacial score (nSPS) is 13.6. The monoisotopic (exact) mass is 296 g/mol. The maximum absolute atomic E-state index is 4.27. The van der Waals surface area contributed by atoms with E-state index in [1.165, 1.54) is 5.56 Å². The highest BCUT2D eigenvalue weighted by atomic mass is 32.1. The van der Waals surface area contributed by atoms with E-state index in [1.54, 1.807) is 11.3 Å². The third kappa shape index (κ3) is 5.92. The Labute approximate surface area is 127 Å². The Hall–Kier alpha value is -1.07. The molecule has 1 aromatic rings. The van der Waals surface area contributed by atoms with Crippen LogP contribution in [0.5, 0.6) is 0 Å². The van der Waals surface area contributed by atoms with Crippen LogP contribution in [0.25, 0.3) is 0 Å². The molecule has 0 radical (unpaired) electrons. The molecule has 114 valence electrons. The molecule has 5 heteroatoms. The van der Waals surface area contributed by atoms with E-state index in [-0.39, 0.29) is 0 Å². The van der Waals surface area contributed by atoms with Gasteiger partial charge in [-0.2, -0.15) is 11.3 Å². The van der Waals surface area contributed by atoms with Gasteiger partial charge in [-0.05, 0) is 41.4 Å². The van der Waals surface area contributed by atoms with Crippen molar-refractivity contribution >= 4 is 17.3 Å². The van der Waals surface area contributed by atoms with Crippen molar-refractivity contribution < 1.29 is 0 Å². The molecule has 0 aliphatic heterocycles. The first-order chi connectivity index (χ1) is 9.71. The van der Waals surface area contributed by atoms with Gasteiger partial charge < -0.3 is 15.5 Å². The van der Waals surface area contributed by atoms with Crippen LogP contribution in [-0.2, 0) is 0 Å². The first-order valence-corrected chi connectivity index (χ1v) is 8.34. The van der Waals surface area contributed by atoms with Crippen molar-refractivity contribution in [2.45, 2.75) is 26.7 Å². The maximum Gasteiger partial charge on any atom is 0.191 e. The summed E-state index contributed by atoms with van der Waals surface area (Å²) < 4.78 is 0. The van der Waals surface area contributed by atoms with Gasteiger partial charge in [-0.1, -0.05) is 20.8 Å². The second-order valence-corrected chi connectivity index (χ2v) is 5.64. The van der Waals surface area contributed by atoms with Gasteiger partial charge in [-0.25, -0.2) is 0 Å². The van der Waals surface area contributed by atoms with Gasteiger partial charge in [0.05, 0.1) is 0 Å². The molecule has 4 nitrogen and oxygen atoms in total. The highest BCUT2D eigenvalue weighted by Crippen LogP contribution is 2.16. The summed E-state index contributed by atoms with van der Waals surface area (Å²) in [4.78, 5) is 6.67. The minimum atomic E-state index is 0.502. The lowest BCUT2D eigenvalue weighted by Gasteiger charge is -2.20. The predicted molar refractivity (Wildman–Crippen MR) is 89.9 cm³/mol. The quantitative estimate of drug-likeness (QED) is 0.571. The summed E-state index contributed by atoms with van der Waals surface area (Å²) in [5, 5.41) is 11.1. The molecule has 1 unspecified atom stereocenters. The summed E-state index contributed by atoms with van der Waals surface area (Å²) in [6, 6.07) is 2.19. The molecule has 20 heavy (non-hydrogen) atoms. The Balaban J connectivity index is 2.26. The third-order valence-electron chi connectivity index (χ3n) is 3.53. The van der Waals surface area contributed by atoms with Gasteiger partial charge in [0.15, 0.2) is 5.96 Å². The summed E-state index contributed by atoms with van der Waals surface area (Å²) in [6.07, 6.45) is 0. The van der Waals surface area contributed by atoms with E-state index in [2.05, 4.69) is 58.1 Å². The van der Waals surface area contributed by atoms with Crippen LogP contribution in [0, 0.1) is 0 Å². The summed E-state index contributed by atoms with van der Waals surface area (Å²) in [5.41, 5.74) is 1.39. The van der Waals surface area contributed by atoms with Crippen molar-refractivity contribution in [3.05, 3.63) is 22.4 Å². The topological polar surface area (TPSA) is 39.7 Å². The van der Waals surface area contributed by atoms with Crippen LogP contribution < -0.4 is 10.6 Å². The average molecular weight is 296 g/mol. The largest absolute Gasteiger partial charge is 0.356 e. The number of hydrogen-bond acceptors (Lipinski definition) is 3. The van der Waals surface area contributed by atoms with Crippen molar-refractivity contribution in [1.29, 1.82) is 0 Å². The van der Waals surface area contributed by atoms with E-state index < -0.39 is 0 Å². The molecule has 0 bridgehead atoms. The molecule has 0 saturated heterocycles. The van der Waals surface area contributed by atoms with Gasteiger partial charge in [0.25, 0.3) is 0 Å². The Morgan fingerprint density at radius 1 is 1.35 bits per heavy atom. The summed E-state index contributed by atoms with van der Waals surface area (Å²) in [6.45, 7) is 11.7. The van der Waals surface area contributed by atoms with E-state index >= 15 is 0 Å². The van der Waals surface area contributed by atoms with Crippen LogP contribution in [0.1, 0.15) is 32.3 Å². The second kappa shape index (κ2) is 9.77. The van der Waals surface area contributed by atoms with E-state index in [1.807, 2.05) is 7.05 Å². The zero-order valence-corrected chi connectivity index (χ0v) is 14.0. The molecule has 1 heterocycles. The number of hydrogen-bond donors (Lipinski definition) is 2. The van der Waals surface area contributed by atoms with Gasteiger partial charge in [-0.3, -0.25) is 4.99 Å². The fraction of sp³-hybridized carbons (Fsp3) is 0.667. The van der Waals surface area contributed by atoms with Crippen LogP contribution in [-0.4, -0.2) is 50.6 Å². The van der Waals surface area contributed by atoms with Crippen LogP contribution in [0.15, 0.2) is 21.8 Å². The molecular weight excluding hydrogens is 268 g/mol. The van der Waals surface area contributed by atoms with Gasteiger partial charge in [0.2, 0.25) is 0 Å². The minimum absolute atomic E-state index is 0.502. The molecule has 1 aromatic heterocycles. The highest BCUT2D eigenvalue weighted by molar-refractivity contribution is 7.07. The molecule has 0 aliphatic rings. The molecule has 0 fully saturated rings. The number of nitrogens with zero attached hydrogens (tertiary/aromatic N) is 2. The Morgan fingerprint density at radius 3 is 2.65 bits per heavy atom. The van der Waals surface area contributed by atoms with Gasteiger partial charge in [0.1, 0.15) is 0 Å². The molecule has 0 aliphatic carbocycles. The summed E-state index contributed by atoms with van der Waals surface area (Å²) in [7, 11) is 1.82. The molecule has 0 spiro atoms. The van der Waals surface area contributed by atoms with Gasteiger partial charge in [0, 0.05) is 26.7 Å². The molecule has 1 rings (SSSR count). The summed E-state index contributed by atoms with van der Waals surface area (Å²) in [5.74, 6) is 1.39. The van der Waals surface area contributed by atoms with Crippen molar-refractivity contribution in [2.24, 2.45) is 4.99 Å². The number of thiophene rings is 1. The fourth-order valence-corrected chi connectivity index (χ4v) is 2.80. The summed E-state index contributed by atoms with van der Waals surface area (Å²) >= 11 is 1.75. The Morgan fingerprint density at radius 2 is 2.10 bits per heavy atom.